The van der Waals surface area contributed by atoms with Crippen molar-refractivity contribution in [2.24, 2.45) is 5.73 Å². The molecule has 4 heteroatoms. The molecule has 15 heavy (non-hydrogen) atoms. The van der Waals surface area contributed by atoms with E-state index in [0.29, 0.717) is 6.04 Å². The third kappa shape index (κ3) is 2.06. The number of aliphatic hydroxyl groups is 1. The Morgan fingerprint density at radius 3 is 2.87 bits per heavy atom. The van der Waals surface area contributed by atoms with Gasteiger partial charge < -0.3 is 10.8 Å². The van der Waals surface area contributed by atoms with Crippen molar-refractivity contribution in [1.82, 2.24) is 9.78 Å². The van der Waals surface area contributed by atoms with E-state index in [-0.39, 0.29) is 12.6 Å². The molecule has 0 bridgehead atoms. The Balaban J connectivity index is 2.20. The Morgan fingerprint density at radius 2 is 2.27 bits per heavy atom. The Morgan fingerprint density at radius 1 is 1.60 bits per heavy atom. The van der Waals surface area contributed by atoms with Crippen molar-refractivity contribution in [2.75, 3.05) is 6.61 Å². The Labute approximate surface area is 90.1 Å². The first-order valence-corrected chi connectivity index (χ1v) is 5.64. The summed E-state index contributed by atoms with van der Waals surface area (Å²) >= 11 is 0. The quantitative estimate of drug-likeness (QED) is 0.788. The van der Waals surface area contributed by atoms with Crippen LogP contribution >= 0.6 is 0 Å². The summed E-state index contributed by atoms with van der Waals surface area (Å²) in [4.78, 5) is 0. The molecule has 3 N–H and O–H groups in total. The van der Waals surface area contributed by atoms with Gasteiger partial charge >= 0.3 is 0 Å². The highest BCUT2D eigenvalue weighted by atomic mass is 16.3. The van der Waals surface area contributed by atoms with Crippen LogP contribution < -0.4 is 5.73 Å². The molecule has 0 saturated heterocycles. The second kappa shape index (κ2) is 4.33. The Bertz CT molecular complexity index is 329. The van der Waals surface area contributed by atoms with Crippen molar-refractivity contribution in [3.63, 3.8) is 0 Å². The largest absolute Gasteiger partial charge is 0.394 e. The summed E-state index contributed by atoms with van der Waals surface area (Å²) in [5.74, 6) is 0. The smallest absolute Gasteiger partial charge is 0.0642 e. The van der Waals surface area contributed by atoms with E-state index in [9.17, 15) is 0 Å². The summed E-state index contributed by atoms with van der Waals surface area (Å²) in [5, 5.41) is 13.5. The van der Waals surface area contributed by atoms with Crippen molar-refractivity contribution >= 4 is 0 Å². The fourth-order valence-electron chi connectivity index (χ4n) is 2.31. The van der Waals surface area contributed by atoms with E-state index in [1.807, 2.05) is 17.8 Å². The summed E-state index contributed by atoms with van der Waals surface area (Å²) < 4.78 is 2.03. The van der Waals surface area contributed by atoms with Gasteiger partial charge in [-0.15, -0.1) is 0 Å². The van der Waals surface area contributed by atoms with Gasteiger partial charge in [0.1, 0.15) is 0 Å². The maximum absolute atomic E-state index is 9.03. The second-order valence-electron chi connectivity index (χ2n) is 4.38. The first-order valence-electron chi connectivity index (χ1n) is 5.64. The Kier molecular flexibility index (Phi) is 3.07. The molecule has 4 nitrogen and oxygen atoms in total. The molecular formula is C11H19N3O. The van der Waals surface area contributed by atoms with E-state index in [0.717, 1.165) is 11.3 Å². The van der Waals surface area contributed by atoms with Gasteiger partial charge in [0, 0.05) is 11.8 Å². The van der Waals surface area contributed by atoms with Crippen LogP contribution in [0.5, 0.6) is 0 Å². The van der Waals surface area contributed by atoms with E-state index >= 15 is 0 Å². The lowest BCUT2D eigenvalue weighted by Crippen LogP contribution is -2.14. The van der Waals surface area contributed by atoms with Crippen LogP contribution in [0.3, 0.4) is 0 Å². The van der Waals surface area contributed by atoms with Gasteiger partial charge in [-0.1, -0.05) is 12.8 Å². The molecule has 0 amide bonds. The monoisotopic (exact) mass is 209 g/mol. The number of nitrogens with zero attached hydrogens (tertiary/aromatic N) is 2. The minimum Gasteiger partial charge on any atom is -0.394 e. The van der Waals surface area contributed by atoms with E-state index in [1.165, 1.54) is 25.7 Å². The van der Waals surface area contributed by atoms with Gasteiger partial charge in [-0.3, -0.25) is 4.68 Å². The summed E-state index contributed by atoms with van der Waals surface area (Å²) in [6.45, 7) is 1.94. The number of hydrogen-bond acceptors (Lipinski definition) is 3. The van der Waals surface area contributed by atoms with Crippen LogP contribution in [0.2, 0.25) is 0 Å². The van der Waals surface area contributed by atoms with Crippen molar-refractivity contribution in [3.05, 3.63) is 17.5 Å². The zero-order valence-corrected chi connectivity index (χ0v) is 9.19. The van der Waals surface area contributed by atoms with Crippen LogP contribution in [0.25, 0.3) is 0 Å². The number of aliphatic hydroxyl groups excluding tert-OH is 1. The predicted molar refractivity (Wildman–Crippen MR) is 58.5 cm³/mol. The molecule has 1 saturated carbocycles. The molecular weight excluding hydrogens is 190 g/mol. The molecule has 1 fully saturated rings. The van der Waals surface area contributed by atoms with Gasteiger partial charge in [-0.25, -0.2) is 0 Å². The standard InChI is InChI=1S/C11H19N3O/c1-8-10(11(12)7-15)6-14(13-8)9-4-2-3-5-9/h6,9,11,15H,2-5,7,12H2,1H3. The molecule has 1 unspecified atom stereocenters. The molecule has 0 radical (unpaired) electrons. The first-order chi connectivity index (χ1) is 7.22. The zero-order chi connectivity index (χ0) is 10.8. The lowest BCUT2D eigenvalue weighted by Gasteiger charge is -2.09. The highest BCUT2D eigenvalue weighted by Crippen LogP contribution is 2.30. The minimum absolute atomic E-state index is 0.0167. The zero-order valence-electron chi connectivity index (χ0n) is 9.19. The van der Waals surface area contributed by atoms with E-state index in [2.05, 4.69) is 5.10 Å². The number of aromatic nitrogens is 2. The van der Waals surface area contributed by atoms with Crippen molar-refractivity contribution in [2.45, 2.75) is 44.7 Å². The van der Waals surface area contributed by atoms with Crippen molar-refractivity contribution in [1.29, 1.82) is 0 Å². The van der Waals surface area contributed by atoms with Gasteiger partial charge in [-0.2, -0.15) is 5.10 Å². The number of aryl methyl sites for hydroxylation is 1. The van der Waals surface area contributed by atoms with Crippen LogP contribution in [0.1, 0.15) is 49.0 Å². The van der Waals surface area contributed by atoms with Crippen LogP contribution in [-0.4, -0.2) is 21.5 Å². The fraction of sp³-hybridized carbons (Fsp3) is 0.727. The Hall–Kier alpha value is -0.870. The molecule has 2 rings (SSSR count). The molecule has 84 valence electrons. The topological polar surface area (TPSA) is 64.1 Å². The maximum atomic E-state index is 9.03. The number of hydrogen-bond donors (Lipinski definition) is 2. The van der Waals surface area contributed by atoms with Crippen LogP contribution in [-0.2, 0) is 0 Å². The molecule has 1 aromatic heterocycles. The minimum atomic E-state index is -0.292. The summed E-state index contributed by atoms with van der Waals surface area (Å²) in [6, 6.07) is 0.253. The van der Waals surface area contributed by atoms with E-state index < -0.39 is 0 Å². The lowest BCUT2D eigenvalue weighted by molar-refractivity contribution is 0.267. The maximum Gasteiger partial charge on any atom is 0.0642 e. The highest BCUT2D eigenvalue weighted by Gasteiger charge is 2.20. The average molecular weight is 209 g/mol. The third-order valence-electron chi connectivity index (χ3n) is 3.25. The molecule has 1 aromatic rings. The van der Waals surface area contributed by atoms with Gasteiger partial charge in [0.15, 0.2) is 0 Å². The first kappa shape index (κ1) is 10.6. The van der Waals surface area contributed by atoms with Crippen LogP contribution in [0.4, 0.5) is 0 Å². The molecule has 1 heterocycles. The van der Waals surface area contributed by atoms with Gasteiger partial charge in [0.05, 0.1) is 24.4 Å². The molecule has 0 aliphatic heterocycles. The SMILES string of the molecule is Cc1nn(C2CCCC2)cc1C(N)CO. The highest BCUT2D eigenvalue weighted by molar-refractivity contribution is 5.20. The van der Waals surface area contributed by atoms with Crippen LogP contribution in [0.15, 0.2) is 6.20 Å². The summed E-state index contributed by atoms with van der Waals surface area (Å²) in [5.41, 5.74) is 7.73. The van der Waals surface area contributed by atoms with E-state index in [1.54, 1.807) is 0 Å². The fourth-order valence-corrected chi connectivity index (χ4v) is 2.31. The van der Waals surface area contributed by atoms with Crippen LogP contribution in [0, 0.1) is 6.92 Å². The third-order valence-corrected chi connectivity index (χ3v) is 3.25. The number of nitrogens with two attached hydrogens (primary N) is 1. The van der Waals surface area contributed by atoms with Crippen molar-refractivity contribution < 1.29 is 5.11 Å². The average Bonchev–Trinajstić information content (AvgIpc) is 2.84. The summed E-state index contributed by atoms with van der Waals surface area (Å²) in [7, 11) is 0. The molecule has 0 aromatic carbocycles. The molecule has 1 aliphatic carbocycles. The van der Waals surface area contributed by atoms with E-state index in [4.69, 9.17) is 10.8 Å². The lowest BCUT2D eigenvalue weighted by atomic mass is 10.1. The summed E-state index contributed by atoms with van der Waals surface area (Å²) in [6.07, 6.45) is 7.03. The van der Waals surface area contributed by atoms with Crippen molar-refractivity contribution in [3.8, 4) is 0 Å². The van der Waals surface area contributed by atoms with Gasteiger partial charge in [-0.05, 0) is 19.8 Å². The normalized spacial score (nSPS) is 19.7. The molecule has 0 spiro atoms. The van der Waals surface area contributed by atoms with Gasteiger partial charge in [0.25, 0.3) is 0 Å². The molecule has 1 aliphatic rings. The second-order valence-corrected chi connectivity index (χ2v) is 4.38. The number of rotatable bonds is 3. The molecule has 1 atom stereocenters. The predicted octanol–water partition coefficient (Wildman–Crippen LogP) is 1.30. The van der Waals surface area contributed by atoms with Gasteiger partial charge in [0.2, 0.25) is 0 Å².